The van der Waals surface area contributed by atoms with Crippen molar-refractivity contribution in [1.29, 1.82) is 5.26 Å². The van der Waals surface area contributed by atoms with Gasteiger partial charge in [0.2, 0.25) is 0 Å². The van der Waals surface area contributed by atoms with E-state index in [2.05, 4.69) is 79.5 Å². The topological polar surface area (TPSA) is 48.3 Å². The minimum atomic E-state index is 0.259. The van der Waals surface area contributed by atoms with E-state index in [1.54, 1.807) is 7.11 Å². The third kappa shape index (κ3) is 4.21. The van der Waals surface area contributed by atoms with Gasteiger partial charge in [0.05, 0.1) is 23.9 Å². The van der Waals surface area contributed by atoms with Crippen LogP contribution in [0.25, 0.3) is 10.8 Å². The van der Waals surface area contributed by atoms with Crippen molar-refractivity contribution in [3.05, 3.63) is 64.9 Å². The molecule has 0 fully saturated rings. The Labute approximate surface area is 168 Å². The average molecular weight is 376 g/mol. The van der Waals surface area contributed by atoms with Crippen molar-refractivity contribution < 1.29 is 4.74 Å². The van der Waals surface area contributed by atoms with E-state index in [1.807, 2.05) is 0 Å². The number of methoxy groups -OCH3 is 1. The number of nitriles is 1. The van der Waals surface area contributed by atoms with Gasteiger partial charge in [-0.2, -0.15) is 5.26 Å². The van der Waals surface area contributed by atoms with E-state index in [9.17, 15) is 5.26 Å². The van der Waals surface area contributed by atoms with Crippen molar-refractivity contribution in [2.75, 3.05) is 31.7 Å². The number of anilines is 1. The maximum atomic E-state index is 9.58. The number of hydrogen-bond donors (Lipinski definition) is 1. The van der Waals surface area contributed by atoms with Gasteiger partial charge in [0.15, 0.2) is 0 Å². The van der Waals surface area contributed by atoms with E-state index in [0.717, 1.165) is 25.2 Å². The Balaban J connectivity index is 1.93. The third-order valence-electron chi connectivity index (χ3n) is 5.12. The second kappa shape index (κ2) is 8.95. The molecule has 4 nitrogen and oxygen atoms in total. The summed E-state index contributed by atoms with van der Waals surface area (Å²) in [5.74, 6) is 0. The third-order valence-corrected chi connectivity index (χ3v) is 5.12. The molecule has 0 aromatic heterocycles. The van der Waals surface area contributed by atoms with Gasteiger partial charge in [-0.15, -0.1) is 0 Å². The fraction of sp³-hybridized carbons (Fsp3) is 0.375. The van der Waals surface area contributed by atoms with Gasteiger partial charge in [-0.05, 0) is 49.8 Å². The molecular weight excluding hydrogens is 346 g/mol. The Kier molecular flexibility index (Phi) is 6.38. The van der Waals surface area contributed by atoms with Crippen molar-refractivity contribution in [3.63, 3.8) is 0 Å². The van der Waals surface area contributed by atoms with Crippen LogP contribution in [0.4, 0.5) is 5.69 Å². The summed E-state index contributed by atoms with van der Waals surface area (Å²) in [6.07, 6.45) is 3.14. The smallest absolute Gasteiger partial charge is 0.0993 e. The summed E-state index contributed by atoms with van der Waals surface area (Å²) in [5, 5.41) is 15.7. The molecule has 2 aromatic carbocycles. The van der Waals surface area contributed by atoms with Gasteiger partial charge in [0, 0.05) is 37.3 Å². The van der Waals surface area contributed by atoms with Crippen molar-refractivity contribution >= 4 is 16.5 Å². The van der Waals surface area contributed by atoms with Crippen LogP contribution in [-0.2, 0) is 4.74 Å². The zero-order chi connectivity index (χ0) is 20.1. The summed E-state index contributed by atoms with van der Waals surface area (Å²) in [6.45, 7) is 8.45. The van der Waals surface area contributed by atoms with E-state index in [1.165, 1.54) is 27.6 Å². The molecular formula is C24H29N3O. The molecule has 0 saturated carbocycles. The highest BCUT2D eigenvalue weighted by Crippen LogP contribution is 2.32. The van der Waals surface area contributed by atoms with Gasteiger partial charge in [0.25, 0.3) is 0 Å². The molecule has 1 heterocycles. The molecule has 0 saturated heterocycles. The van der Waals surface area contributed by atoms with Crippen molar-refractivity contribution in [2.45, 2.75) is 33.2 Å². The number of aryl methyl sites for hydroxylation is 1. The van der Waals surface area contributed by atoms with Gasteiger partial charge >= 0.3 is 0 Å². The predicted octanol–water partition coefficient (Wildman–Crippen LogP) is 4.71. The van der Waals surface area contributed by atoms with Crippen LogP contribution in [0.2, 0.25) is 0 Å². The minimum absolute atomic E-state index is 0.259. The van der Waals surface area contributed by atoms with Crippen LogP contribution in [0.1, 0.15) is 25.8 Å². The monoisotopic (exact) mass is 375 g/mol. The second-order valence-corrected chi connectivity index (χ2v) is 7.57. The summed E-state index contributed by atoms with van der Waals surface area (Å²) in [6, 6.07) is 15.6. The number of ether oxygens (including phenoxy) is 1. The first-order valence-corrected chi connectivity index (χ1v) is 9.86. The molecule has 1 aliphatic rings. The molecule has 4 heteroatoms. The SMILES string of the molecule is COC/C(C#N)=C(/NC(C)C)C1=CCN(c2cccc3cccc(C)c23)CC1. The summed E-state index contributed by atoms with van der Waals surface area (Å²) in [7, 11) is 1.63. The zero-order valence-electron chi connectivity index (χ0n) is 17.2. The lowest BCUT2D eigenvalue weighted by atomic mass is 9.98. The van der Waals surface area contributed by atoms with Crippen molar-refractivity contribution in [2.24, 2.45) is 0 Å². The summed E-state index contributed by atoms with van der Waals surface area (Å²) in [4.78, 5) is 2.42. The number of hydrogen-bond acceptors (Lipinski definition) is 4. The molecule has 1 N–H and O–H groups in total. The summed E-state index contributed by atoms with van der Waals surface area (Å²) < 4.78 is 5.24. The fourth-order valence-corrected chi connectivity index (χ4v) is 3.85. The second-order valence-electron chi connectivity index (χ2n) is 7.57. The molecule has 0 atom stereocenters. The van der Waals surface area contributed by atoms with E-state index in [0.29, 0.717) is 12.2 Å². The van der Waals surface area contributed by atoms with E-state index in [4.69, 9.17) is 4.74 Å². The number of nitrogens with zero attached hydrogens (tertiary/aromatic N) is 2. The lowest BCUT2D eigenvalue weighted by molar-refractivity contribution is 0.227. The van der Waals surface area contributed by atoms with Crippen molar-refractivity contribution in [1.82, 2.24) is 5.32 Å². The molecule has 0 unspecified atom stereocenters. The fourth-order valence-electron chi connectivity index (χ4n) is 3.85. The number of fused-ring (bicyclic) bond motifs is 1. The molecule has 2 aromatic rings. The number of benzene rings is 2. The predicted molar refractivity (Wildman–Crippen MR) is 116 cm³/mol. The first kappa shape index (κ1) is 20.0. The Morgan fingerprint density at radius 2 is 2.00 bits per heavy atom. The van der Waals surface area contributed by atoms with Crippen LogP contribution in [0.5, 0.6) is 0 Å². The number of nitrogens with one attached hydrogen (secondary N) is 1. The first-order valence-electron chi connectivity index (χ1n) is 9.86. The largest absolute Gasteiger partial charge is 0.382 e. The van der Waals surface area contributed by atoms with E-state index in [-0.39, 0.29) is 6.04 Å². The van der Waals surface area contributed by atoms with Crippen LogP contribution in [0.15, 0.2) is 59.3 Å². The van der Waals surface area contributed by atoms with Gasteiger partial charge < -0.3 is 15.0 Å². The van der Waals surface area contributed by atoms with Crippen LogP contribution >= 0.6 is 0 Å². The number of rotatable bonds is 6. The van der Waals surface area contributed by atoms with Crippen LogP contribution in [0.3, 0.4) is 0 Å². The highest BCUT2D eigenvalue weighted by molar-refractivity contribution is 5.97. The zero-order valence-corrected chi connectivity index (χ0v) is 17.2. The molecule has 0 amide bonds. The Morgan fingerprint density at radius 3 is 2.61 bits per heavy atom. The van der Waals surface area contributed by atoms with Crippen LogP contribution in [-0.4, -0.2) is 32.8 Å². The molecule has 1 aliphatic heterocycles. The molecule has 0 spiro atoms. The van der Waals surface area contributed by atoms with Gasteiger partial charge in [-0.3, -0.25) is 0 Å². The normalized spacial score (nSPS) is 15.3. The van der Waals surface area contributed by atoms with Gasteiger partial charge in [0.1, 0.15) is 0 Å². The Hall–Kier alpha value is -2.77. The van der Waals surface area contributed by atoms with E-state index < -0.39 is 0 Å². The standard InChI is InChI=1S/C24H29N3O/c1-17(2)26-24(21(15-25)16-28-4)20-11-13-27(14-12-20)22-10-6-9-19-8-5-7-18(3)23(19)22/h5-11,17,26H,12-14,16H2,1-4H3/b24-21+. The lowest BCUT2D eigenvalue weighted by Gasteiger charge is -2.31. The Morgan fingerprint density at radius 1 is 1.25 bits per heavy atom. The first-order chi connectivity index (χ1) is 13.5. The van der Waals surface area contributed by atoms with Crippen LogP contribution in [0, 0.1) is 18.3 Å². The Bertz CT molecular complexity index is 945. The highest BCUT2D eigenvalue weighted by Gasteiger charge is 2.20. The quantitative estimate of drug-likeness (QED) is 0.743. The van der Waals surface area contributed by atoms with Gasteiger partial charge in [-0.25, -0.2) is 0 Å². The molecule has 0 radical (unpaired) electrons. The maximum Gasteiger partial charge on any atom is 0.0993 e. The van der Waals surface area contributed by atoms with Crippen molar-refractivity contribution in [3.8, 4) is 6.07 Å². The minimum Gasteiger partial charge on any atom is -0.382 e. The molecule has 0 aliphatic carbocycles. The summed E-state index contributed by atoms with van der Waals surface area (Å²) >= 11 is 0. The molecule has 3 rings (SSSR count). The van der Waals surface area contributed by atoms with Gasteiger partial charge in [-0.1, -0.05) is 36.4 Å². The number of allylic oxidation sites excluding steroid dienone is 1. The van der Waals surface area contributed by atoms with E-state index >= 15 is 0 Å². The average Bonchev–Trinajstić information content (AvgIpc) is 2.70. The molecule has 28 heavy (non-hydrogen) atoms. The lowest BCUT2D eigenvalue weighted by Crippen LogP contribution is -2.32. The maximum absolute atomic E-state index is 9.58. The van der Waals surface area contributed by atoms with Crippen LogP contribution < -0.4 is 10.2 Å². The molecule has 146 valence electrons. The summed E-state index contributed by atoms with van der Waals surface area (Å²) in [5.41, 5.74) is 5.39. The molecule has 0 bridgehead atoms. The highest BCUT2D eigenvalue weighted by atomic mass is 16.5.